The highest BCUT2D eigenvalue weighted by Crippen LogP contribution is 2.36. The maximum atomic E-state index is 12.9. The molecule has 4 nitrogen and oxygen atoms in total. The van der Waals surface area contributed by atoms with Crippen molar-refractivity contribution in [2.75, 3.05) is 11.4 Å². The molecule has 3 aromatic carbocycles. The van der Waals surface area contributed by atoms with Crippen LogP contribution < -0.4 is 4.90 Å². The molecule has 0 aliphatic carbocycles. The van der Waals surface area contributed by atoms with Gasteiger partial charge in [0.05, 0.1) is 21.7 Å². The van der Waals surface area contributed by atoms with Gasteiger partial charge in [-0.25, -0.2) is 4.98 Å². The summed E-state index contributed by atoms with van der Waals surface area (Å²) in [6.07, 6.45) is 0.433. The fraction of sp³-hybridized carbons (Fsp3) is 0.200. The summed E-state index contributed by atoms with van der Waals surface area (Å²) in [6, 6.07) is 24.1. The summed E-state index contributed by atoms with van der Waals surface area (Å²) in [5.74, 6) is 1.06. The number of fused-ring (bicyclic) bond motifs is 1. The van der Waals surface area contributed by atoms with Gasteiger partial charge in [-0.2, -0.15) is 0 Å². The van der Waals surface area contributed by atoms with Gasteiger partial charge >= 0.3 is 0 Å². The van der Waals surface area contributed by atoms with Gasteiger partial charge in [0.25, 0.3) is 0 Å². The summed E-state index contributed by atoms with van der Waals surface area (Å²) >= 11 is 6.37. The molecule has 0 N–H and O–H groups in total. The average Bonchev–Trinajstić information content (AvgIpc) is 3.31. The van der Waals surface area contributed by atoms with E-state index in [1.54, 1.807) is 4.90 Å². The molecule has 1 aromatic heterocycles. The minimum Gasteiger partial charge on any atom is -0.323 e. The standard InChI is InChI=1S/C25H22ClN3O/c1-17-8-2-3-9-18(17)15-29-23-13-7-5-11-21(23)27-25(29)19-14-24(30)28(16-19)22-12-6-4-10-20(22)26/h2-13,19H,14-16H2,1H3/t19-/m1/s1. The topological polar surface area (TPSA) is 38.1 Å². The number of halogens is 1. The smallest absolute Gasteiger partial charge is 0.227 e. The molecule has 0 bridgehead atoms. The molecular weight excluding hydrogens is 394 g/mol. The van der Waals surface area contributed by atoms with E-state index in [2.05, 4.69) is 41.8 Å². The Bertz CT molecular complexity index is 1250. The normalized spacial score (nSPS) is 16.5. The summed E-state index contributed by atoms with van der Waals surface area (Å²) in [7, 11) is 0. The molecule has 1 amide bonds. The first-order chi connectivity index (χ1) is 14.6. The highest BCUT2D eigenvalue weighted by molar-refractivity contribution is 6.33. The number of hydrogen-bond donors (Lipinski definition) is 0. The number of imidazole rings is 1. The molecule has 1 saturated heterocycles. The van der Waals surface area contributed by atoms with E-state index in [0.29, 0.717) is 18.0 Å². The molecule has 2 heterocycles. The zero-order chi connectivity index (χ0) is 20.7. The number of rotatable bonds is 4. The molecule has 5 heteroatoms. The summed E-state index contributed by atoms with van der Waals surface area (Å²) < 4.78 is 2.27. The Morgan fingerprint density at radius 3 is 2.57 bits per heavy atom. The number of aryl methyl sites for hydroxylation is 1. The molecule has 1 aliphatic rings. The minimum absolute atomic E-state index is 0.0187. The Balaban J connectivity index is 1.55. The molecule has 1 fully saturated rings. The predicted molar refractivity (Wildman–Crippen MR) is 121 cm³/mol. The average molecular weight is 416 g/mol. The van der Waals surface area contributed by atoms with Crippen LogP contribution in [-0.4, -0.2) is 22.0 Å². The number of benzene rings is 3. The minimum atomic E-state index is 0.0187. The summed E-state index contributed by atoms with van der Waals surface area (Å²) in [4.78, 5) is 19.6. The number of aromatic nitrogens is 2. The van der Waals surface area contributed by atoms with Gasteiger partial charge in [0.2, 0.25) is 5.91 Å². The van der Waals surface area contributed by atoms with Gasteiger partial charge in [-0.15, -0.1) is 0 Å². The third kappa shape index (κ3) is 3.27. The van der Waals surface area contributed by atoms with Gasteiger partial charge in [-0.3, -0.25) is 4.79 Å². The van der Waals surface area contributed by atoms with Crippen LogP contribution >= 0.6 is 11.6 Å². The highest BCUT2D eigenvalue weighted by Gasteiger charge is 2.35. The van der Waals surface area contributed by atoms with Crippen LogP contribution in [-0.2, 0) is 11.3 Å². The number of nitrogens with zero attached hydrogens (tertiary/aromatic N) is 3. The van der Waals surface area contributed by atoms with Crippen molar-refractivity contribution in [3.05, 3.63) is 94.8 Å². The first kappa shape index (κ1) is 18.9. The number of carbonyl (C=O) groups is 1. The lowest BCUT2D eigenvalue weighted by atomic mass is 10.1. The molecule has 150 valence electrons. The quantitative estimate of drug-likeness (QED) is 0.437. The molecule has 1 aliphatic heterocycles. The maximum absolute atomic E-state index is 12.9. The van der Waals surface area contributed by atoms with Gasteiger partial charge in [0.1, 0.15) is 5.82 Å². The van der Waals surface area contributed by atoms with Crippen molar-refractivity contribution in [1.29, 1.82) is 0 Å². The molecule has 0 unspecified atom stereocenters. The van der Waals surface area contributed by atoms with Crippen molar-refractivity contribution in [2.45, 2.75) is 25.8 Å². The lowest BCUT2D eigenvalue weighted by Crippen LogP contribution is -2.24. The molecule has 5 rings (SSSR count). The molecule has 30 heavy (non-hydrogen) atoms. The summed E-state index contributed by atoms with van der Waals surface area (Å²) in [5, 5.41) is 0.597. The van der Waals surface area contributed by atoms with Crippen molar-refractivity contribution in [3.63, 3.8) is 0 Å². The van der Waals surface area contributed by atoms with E-state index in [1.165, 1.54) is 11.1 Å². The first-order valence-corrected chi connectivity index (χ1v) is 10.5. The van der Waals surface area contributed by atoms with E-state index in [4.69, 9.17) is 16.6 Å². The molecule has 0 saturated carbocycles. The van der Waals surface area contributed by atoms with Crippen molar-refractivity contribution in [3.8, 4) is 0 Å². The Labute approximate surface area is 180 Å². The Hall–Kier alpha value is -3.11. The van der Waals surface area contributed by atoms with Crippen molar-refractivity contribution >= 4 is 34.2 Å². The van der Waals surface area contributed by atoms with Crippen molar-refractivity contribution < 1.29 is 4.79 Å². The van der Waals surface area contributed by atoms with Gasteiger partial charge in [-0.1, -0.05) is 60.1 Å². The van der Waals surface area contributed by atoms with E-state index in [1.807, 2.05) is 42.5 Å². The van der Waals surface area contributed by atoms with E-state index < -0.39 is 0 Å². The number of amides is 1. The Morgan fingerprint density at radius 1 is 1.00 bits per heavy atom. The van der Waals surface area contributed by atoms with Crippen LogP contribution in [0, 0.1) is 6.92 Å². The van der Waals surface area contributed by atoms with E-state index >= 15 is 0 Å². The Morgan fingerprint density at radius 2 is 1.73 bits per heavy atom. The molecule has 0 radical (unpaired) electrons. The largest absolute Gasteiger partial charge is 0.323 e. The van der Waals surface area contributed by atoms with Gasteiger partial charge in [-0.05, 0) is 42.3 Å². The van der Waals surface area contributed by atoms with Crippen LogP contribution in [0.5, 0.6) is 0 Å². The third-order valence-corrected chi connectivity index (χ3v) is 6.23. The summed E-state index contributed by atoms with van der Waals surface area (Å²) in [5.41, 5.74) is 5.34. The van der Waals surface area contributed by atoms with Gasteiger partial charge in [0.15, 0.2) is 0 Å². The van der Waals surface area contributed by atoms with Crippen LogP contribution in [0.25, 0.3) is 11.0 Å². The second-order valence-corrected chi connectivity index (χ2v) is 8.24. The second-order valence-electron chi connectivity index (χ2n) is 7.83. The lowest BCUT2D eigenvalue weighted by molar-refractivity contribution is -0.117. The van der Waals surface area contributed by atoms with E-state index in [9.17, 15) is 4.79 Å². The first-order valence-electron chi connectivity index (χ1n) is 10.2. The maximum Gasteiger partial charge on any atom is 0.227 e. The number of hydrogen-bond acceptors (Lipinski definition) is 2. The van der Waals surface area contributed by atoms with Gasteiger partial charge < -0.3 is 9.47 Å². The molecule has 1 atom stereocenters. The SMILES string of the molecule is Cc1ccccc1Cn1c([C@@H]2CC(=O)N(c3ccccc3Cl)C2)nc2ccccc21. The number of carbonyl (C=O) groups excluding carboxylic acids is 1. The monoisotopic (exact) mass is 415 g/mol. The van der Waals surface area contributed by atoms with Crippen molar-refractivity contribution in [1.82, 2.24) is 9.55 Å². The van der Waals surface area contributed by atoms with E-state index in [-0.39, 0.29) is 11.8 Å². The zero-order valence-corrected chi connectivity index (χ0v) is 17.5. The highest BCUT2D eigenvalue weighted by atomic mass is 35.5. The summed E-state index contributed by atoms with van der Waals surface area (Å²) in [6.45, 7) is 3.45. The predicted octanol–water partition coefficient (Wildman–Crippen LogP) is 5.57. The van der Waals surface area contributed by atoms with E-state index in [0.717, 1.165) is 29.1 Å². The second kappa shape index (κ2) is 7.62. The fourth-order valence-electron chi connectivity index (χ4n) is 4.31. The van der Waals surface area contributed by atoms with Crippen LogP contribution in [0.15, 0.2) is 72.8 Å². The molecular formula is C25H22ClN3O. The Kier molecular flexibility index (Phi) is 4.80. The van der Waals surface area contributed by atoms with Crippen molar-refractivity contribution in [2.24, 2.45) is 0 Å². The third-order valence-electron chi connectivity index (χ3n) is 5.91. The number of anilines is 1. The fourth-order valence-corrected chi connectivity index (χ4v) is 4.55. The van der Waals surface area contributed by atoms with Crippen LogP contribution in [0.1, 0.15) is 29.3 Å². The number of para-hydroxylation sites is 3. The molecule has 0 spiro atoms. The molecule has 4 aromatic rings. The zero-order valence-electron chi connectivity index (χ0n) is 16.8. The lowest BCUT2D eigenvalue weighted by Gasteiger charge is -2.19. The van der Waals surface area contributed by atoms with Crippen LogP contribution in [0.4, 0.5) is 5.69 Å². The van der Waals surface area contributed by atoms with Crippen LogP contribution in [0.2, 0.25) is 5.02 Å². The van der Waals surface area contributed by atoms with Gasteiger partial charge in [0, 0.05) is 25.4 Å². The van der Waals surface area contributed by atoms with Crippen LogP contribution in [0.3, 0.4) is 0 Å².